The van der Waals surface area contributed by atoms with Crippen LogP contribution in [0.15, 0.2) is 60.7 Å². The first-order chi connectivity index (χ1) is 11.9. The topological polar surface area (TPSA) is 122 Å². The Morgan fingerprint density at radius 3 is 1.32 bits per heavy atom. The van der Waals surface area contributed by atoms with E-state index < -0.39 is 30.4 Å². The molecule has 2 unspecified atom stereocenters. The van der Waals surface area contributed by atoms with Gasteiger partial charge in [-0.15, -0.1) is 0 Å². The minimum atomic E-state index is -1.57. The summed E-state index contributed by atoms with van der Waals surface area (Å²) >= 11 is 0. The zero-order valence-corrected chi connectivity index (χ0v) is 13.1. The van der Waals surface area contributed by atoms with Crippen LogP contribution in [0.5, 0.6) is 0 Å². The molecule has 0 aliphatic carbocycles. The van der Waals surface area contributed by atoms with Gasteiger partial charge in [0.15, 0.2) is 12.1 Å². The van der Waals surface area contributed by atoms with E-state index in [4.69, 9.17) is 0 Å². The van der Waals surface area contributed by atoms with Gasteiger partial charge < -0.3 is 10.2 Å². The molecule has 0 amide bonds. The van der Waals surface area contributed by atoms with E-state index in [-0.39, 0.29) is 11.4 Å². The first-order valence-electron chi connectivity index (χ1n) is 7.43. The molecule has 2 atom stereocenters. The Bertz CT molecular complexity index is 648. The molecule has 0 saturated carbocycles. The van der Waals surface area contributed by atoms with Gasteiger partial charge in [0.1, 0.15) is 0 Å². The van der Waals surface area contributed by atoms with Gasteiger partial charge in [-0.1, -0.05) is 36.4 Å². The van der Waals surface area contributed by atoms with Crippen molar-refractivity contribution in [3.05, 3.63) is 60.7 Å². The Morgan fingerprint density at radius 1 is 0.720 bits per heavy atom. The molecule has 0 radical (unpaired) electrons. The number of hydrogen-bond acceptors (Lipinski definition) is 6. The maximum Gasteiger partial charge on any atom is 0.329 e. The minimum absolute atomic E-state index is 0.197. The van der Waals surface area contributed by atoms with E-state index in [0.717, 1.165) is 0 Å². The molecule has 8 heteroatoms. The molecule has 2 aromatic carbocycles. The quantitative estimate of drug-likeness (QED) is 0.536. The molecule has 0 heterocycles. The maximum atomic E-state index is 11.5. The van der Waals surface area contributed by atoms with Crippen molar-refractivity contribution in [1.82, 2.24) is 0 Å². The molecule has 0 fully saturated rings. The van der Waals surface area contributed by atoms with Crippen molar-refractivity contribution < 1.29 is 30.2 Å². The second kappa shape index (κ2) is 8.13. The largest absolute Gasteiger partial charge is 0.480 e. The number of hydrogen-bond donors (Lipinski definition) is 4. The van der Waals surface area contributed by atoms with Crippen molar-refractivity contribution in [2.45, 2.75) is 18.5 Å². The van der Waals surface area contributed by atoms with Crippen LogP contribution >= 0.6 is 0 Å². The Labute approximate surface area is 143 Å². The maximum absolute atomic E-state index is 11.5. The van der Waals surface area contributed by atoms with Crippen LogP contribution in [-0.2, 0) is 9.59 Å². The molecule has 2 aromatic rings. The summed E-state index contributed by atoms with van der Waals surface area (Å²) in [6.45, 7) is 0. The van der Waals surface area contributed by atoms with Crippen molar-refractivity contribution >= 4 is 23.3 Å². The summed E-state index contributed by atoms with van der Waals surface area (Å²) < 4.78 is 0. The second-order valence-electron chi connectivity index (χ2n) is 5.30. The Kier molecular flexibility index (Phi) is 5.93. The van der Waals surface area contributed by atoms with Crippen LogP contribution in [0.3, 0.4) is 0 Å². The summed E-state index contributed by atoms with van der Waals surface area (Å²) in [6, 6.07) is 12.6. The Morgan fingerprint density at radius 2 is 1.04 bits per heavy atom. The highest BCUT2D eigenvalue weighted by atomic mass is 16.5. The lowest BCUT2D eigenvalue weighted by atomic mass is 10.1. The van der Waals surface area contributed by atoms with Gasteiger partial charge >= 0.3 is 11.9 Å². The molecular formula is C17H18N2O6. The number of carboxylic acids is 2. The monoisotopic (exact) mass is 346 g/mol. The van der Waals surface area contributed by atoms with E-state index in [0.29, 0.717) is 10.1 Å². The molecule has 0 spiro atoms. The van der Waals surface area contributed by atoms with Crippen molar-refractivity contribution in [1.29, 1.82) is 0 Å². The first kappa shape index (κ1) is 18.2. The minimum Gasteiger partial charge on any atom is -0.480 e. The SMILES string of the molecule is O=C(O)C(CC(C(=O)O)N(O)c1ccccc1)N(O)c1ccccc1. The number of rotatable bonds is 8. The lowest BCUT2D eigenvalue weighted by Crippen LogP contribution is -2.48. The van der Waals surface area contributed by atoms with Gasteiger partial charge in [-0.2, -0.15) is 0 Å². The summed E-state index contributed by atoms with van der Waals surface area (Å²) in [5, 5.41) is 40.1. The third-order valence-electron chi connectivity index (χ3n) is 3.65. The third-order valence-corrected chi connectivity index (χ3v) is 3.65. The molecular weight excluding hydrogens is 328 g/mol. The molecule has 0 aromatic heterocycles. The molecule has 0 saturated heterocycles. The molecule has 0 aliphatic heterocycles. The fraction of sp³-hybridized carbons (Fsp3) is 0.176. The van der Waals surface area contributed by atoms with Crippen molar-refractivity contribution in [2.75, 3.05) is 10.1 Å². The highest BCUT2D eigenvalue weighted by Gasteiger charge is 2.35. The van der Waals surface area contributed by atoms with Gasteiger partial charge in [0.05, 0.1) is 11.4 Å². The van der Waals surface area contributed by atoms with E-state index in [9.17, 15) is 30.2 Å². The molecule has 0 bridgehead atoms. The normalized spacial score (nSPS) is 12.9. The number of benzene rings is 2. The molecule has 132 valence electrons. The molecule has 8 nitrogen and oxygen atoms in total. The lowest BCUT2D eigenvalue weighted by molar-refractivity contribution is -0.143. The smallest absolute Gasteiger partial charge is 0.329 e. The fourth-order valence-corrected chi connectivity index (χ4v) is 2.34. The fourth-order valence-electron chi connectivity index (χ4n) is 2.34. The average molecular weight is 346 g/mol. The van der Waals surface area contributed by atoms with E-state index in [2.05, 4.69) is 0 Å². The number of aliphatic carboxylic acids is 2. The number of nitrogens with zero attached hydrogens (tertiary/aromatic N) is 2. The van der Waals surface area contributed by atoms with E-state index in [1.807, 2.05) is 0 Å². The Balaban J connectivity index is 2.25. The lowest BCUT2D eigenvalue weighted by Gasteiger charge is -2.30. The molecule has 4 N–H and O–H groups in total. The average Bonchev–Trinajstić information content (AvgIpc) is 2.62. The van der Waals surface area contributed by atoms with Gasteiger partial charge in [-0.05, 0) is 24.3 Å². The van der Waals surface area contributed by atoms with Crippen molar-refractivity contribution in [3.8, 4) is 0 Å². The van der Waals surface area contributed by atoms with Gasteiger partial charge in [0.25, 0.3) is 0 Å². The first-order valence-corrected chi connectivity index (χ1v) is 7.43. The van der Waals surface area contributed by atoms with Crippen LogP contribution in [0.2, 0.25) is 0 Å². The van der Waals surface area contributed by atoms with Crippen LogP contribution in [0.4, 0.5) is 11.4 Å². The number of carbonyl (C=O) groups is 2. The summed E-state index contributed by atoms with van der Waals surface area (Å²) in [4.78, 5) is 23.1. The van der Waals surface area contributed by atoms with E-state index >= 15 is 0 Å². The summed E-state index contributed by atoms with van der Waals surface area (Å²) in [6.07, 6.45) is -0.554. The third kappa shape index (κ3) is 4.46. The molecule has 0 aliphatic rings. The highest BCUT2D eigenvalue weighted by molar-refractivity contribution is 5.82. The van der Waals surface area contributed by atoms with Crippen LogP contribution in [-0.4, -0.2) is 44.6 Å². The van der Waals surface area contributed by atoms with Gasteiger partial charge in [0, 0.05) is 6.42 Å². The second-order valence-corrected chi connectivity index (χ2v) is 5.30. The number of anilines is 2. The standard InChI is InChI=1S/C17H18N2O6/c20-16(21)14(18(24)12-7-3-1-4-8-12)11-15(17(22)23)19(25)13-9-5-2-6-10-13/h1-10,14-15,24-25H,11H2,(H,20,21)(H,22,23). The van der Waals surface area contributed by atoms with Crippen molar-refractivity contribution in [3.63, 3.8) is 0 Å². The van der Waals surface area contributed by atoms with Gasteiger partial charge in [-0.3, -0.25) is 10.4 Å². The van der Waals surface area contributed by atoms with E-state index in [1.54, 1.807) is 36.4 Å². The predicted molar refractivity (Wildman–Crippen MR) is 88.9 cm³/mol. The van der Waals surface area contributed by atoms with Crippen LogP contribution < -0.4 is 10.1 Å². The van der Waals surface area contributed by atoms with Gasteiger partial charge in [-0.25, -0.2) is 19.7 Å². The predicted octanol–water partition coefficient (Wildman–Crippen LogP) is 2.07. The summed E-state index contributed by atoms with van der Waals surface area (Å²) in [5.41, 5.74) is 0.395. The zero-order valence-electron chi connectivity index (χ0n) is 13.1. The zero-order chi connectivity index (χ0) is 18.4. The highest BCUT2D eigenvalue weighted by Crippen LogP contribution is 2.22. The van der Waals surface area contributed by atoms with Gasteiger partial charge in [0.2, 0.25) is 0 Å². The molecule has 2 rings (SSSR count). The van der Waals surface area contributed by atoms with E-state index in [1.165, 1.54) is 24.3 Å². The number of hydroxylamine groups is 2. The molecule has 25 heavy (non-hydrogen) atoms. The summed E-state index contributed by atoms with van der Waals surface area (Å²) in [5.74, 6) is -2.84. The number of carboxylic acid groups (broad SMARTS) is 2. The number of para-hydroxylation sites is 2. The van der Waals surface area contributed by atoms with Crippen LogP contribution in [0, 0.1) is 0 Å². The van der Waals surface area contributed by atoms with Crippen LogP contribution in [0.25, 0.3) is 0 Å². The Hall–Kier alpha value is -3.10. The van der Waals surface area contributed by atoms with Crippen molar-refractivity contribution in [2.24, 2.45) is 0 Å². The summed E-state index contributed by atoms with van der Waals surface area (Å²) in [7, 11) is 0. The van der Waals surface area contributed by atoms with Crippen LogP contribution in [0.1, 0.15) is 6.42 Å².